The smallest absolute Gasteiger partial charge is 0.238 e. The first kappa shape index (κ1) is 23.9. The monoisotopic (exact) mass is 499 g/mol. The van der Waals surface area contributed by atoms with Gasteiger partial charge in [-0.3, -0.25) is 9.78 Å². The van der Waals surface area contributed by atoms with Gasteiger partial charge in [0.1, 0.15) is 11.5 Å². The van der Waals surface area contributed by atoms with Crippen LogP contribution >= 0.6 is 11.3 Å². The molecule has 4 aromatic rings. The molecule has 0 saturated heterocycles. The van der Waals surface area contributed by atoms with Gasteiger partial charge < -0.3 is 5.32 Å². The van der Waals surface area contributed by atoms with Crippen molar-refractivity contribution in [3.63, 3.8) is 0 Å². The maximum Gasteiger partial charge on any atom is 0.238 e. The van der Waals surface area contributed by atoms with Crippen LogP contribution in [0.3, 0.4) is 0 Å². The van der Waals surface area contributed by atoms with E-state index in [0.717, 1.165) is 11.8 Å². The van der Waals surface area contributed by atoms with Crippen LogP contribution in [0.15, 0.2) is 59.1 Å². The predicted molar refractivity (Wildman–Crippen MR) is 129 cm³/mol. The van der Waals surface area contributed by atoms with Gasteiger partial charge in [0.05, 0.1) is 27.4 Å². The summed E-state index contributed by atoms with van der Waals surface area (Å²) < 4.78 is 37.0. The molecular weight excluding hydrogens is 477 g/mol. The number of nitrogens with zero attached hydrogens (tertiary/aromatic N) is 3. The SMILES string of the molecule is C[C@H](Nc1nc(C(=O)CCCc2ccc(S(N)(=O)=O)cc2)c2sccc2n1)c1cncc(F)c1. The summed E-state index contributed by atoms with van der Waals surface area (Å²) in [6.45, 7) is 1.83. The van der Waals surface area contributed by atoms with Gasteiger partial charge in [0.2, 0.25) is 16.0 Å². The molecule has 8 nitrogen and oxygen atoms in total. The summed E-state index contributed by atoms with van der Waals surface area (Å²) in [5.74, 6) is -0.265. The highest BCUT2D eigenvalue weighted by atomic mass is 32.2. The zero-order valence-electron chi connectivity index (χ0n) is 18.2. The molecule has 11 heteroatoms. The van der Waals surface area contributed by atoms with E-state index in [9.17, 15) is 17.6 Å². The Morgan fingerprint density at radius 3 is 2.65 bits per heavy atom. The number of Topliss-reactive ketones (excluding diaryl/α,β-unsaturated/α-hetero) is 1. The van der Waals surface area contributed by atoms with Crippen molar-refractivity contribution < 1.29 is 17.6 Å². The fourth-order valence-electron chi connectivity index (χ4n) is 3.48. The molecule has 4 rings (SSSR count). The normalized spacial score (nSPS) is 12.6. The quantitative estimate of drug-likeness (QED) is 0.329. The van der Waals surface area contributed by atoms with E-state index in [4.69, 9.17) is 5.14 Å². The fraction of sp³-hybridized carbons (Fsp3) is 0.217. The lowest BCUT2D eigenvalue weighted by molar-refractivity contribution is 0.0977. The van der Waals surface area contributed by atoms with Crippen molar-refractivity contribution in [2.24, 2.45) is 5.14 Å². The number of benzene rings is 1. The summed E-state index contributed by atoms with van der Waals surface area (Å²) in [7, 11) is -3.73. The predicted octanol–water partition coefficient (Wildman–Crippen LogP) is 4.25. The zero-order chi connectivity index (χ0) is 24.3. The van der Waals surface area contributed by atoms with Gasteiger partial charge in [0.25, 0.3) is 0 Å². The number of hydrogen-bond acceptors (Lipinski definition) is 8. The third kappa shape index (κ3) is 5.61. The first-order valence-electron chi connectivity index (χ1n) is 10.5. The number of ketones is 1. The number of sulfonamides is 1. The van der Waals surface area contributed by atoms with Gasteiger partial charge in [-0.05, 0) is 60.5 Å². The first-order valence-corrected chi connectivity index (χ1v) is 12.9. The number of halogens is 1. The summed E-state index contributed by atoms with van der Waals surface area (Å²) in [6, 6.07) is 9.19. The van der Waals surface area contributed by atoms with Crippen LogP contribution in [0.4, 0.5) is 10.3 Å². The van der Waals surface area contributed by atoms with E-state index >= 15 is 0 Å². The molecule has 0 unspecified atom stereocenters. The number of anilines is 1. The highest BCUT2D eigenvalue weighted by Gasteiger charge is 2.18. The third-order valence-corrected chi connectivity index (χ3v) is 7.10. The number of pyridine rings is 1. The van der Waals surface area contributed by atoms with Crippen LogP contribution in [0.25, 0.3) is 10.2 Å². The number of rotatable bonds is 9. The molecule has 0 bridgehead atoms. The van der Waals surface area contributed by atoms with E-state index < -0.39 is 15.8 Å². The van der Waals surface area contributed by atoms with Crippen LogP contribution in [0.2, 0.25) is 0 Å². The molecule has 3 heterocycles. The summed E-state index contributed by atoms with van der Waals surface area (Å²) in [5.41, 5.74) is 2.55. The Kier molecular flexibility index (Phi) is 6.96. The number of carbonyl (C=O) groups is 1. The molecule has 0 aliphatic heterocycles. The average molecular weight is 500 g/mol. The van der Waals surface area contributed by atoms with Crippen molar-refractivity contribution in [3.8, 4) is 0 Å². The molecular formula is C23H22FN5O3S2. The van der Waals surface area contributed by atoms with Crippen LogP contribution in [0.1, 0.15) is 47.4 Å². The molecule has 0 aliphatic carbocycles. The molecule has 3 N–H and O–H groups in total. The first-order chi connectivity index (χ1) is 16.2. The lowest BCUT2D eigenvalue weighted by Crippen LogP contribution is -2.13. The average Bonchev–Trinajstić information content (AvgIpc) is 3.27. The van der Waals surface area contributed by atoms with Crippen LogP contribution in [0.5, 0.6) is 0 Å². The fourth-order valence-corrected chi connectivity index (χ4v) is 4.83. The molecule has 0 aliphatic rings. The highest BCUT2D eigenvalue weighted by Crippen LogP contribution is 2.26. The van der Waals surface area contributed by atoms with Gasteiger partial charge in [-0.15, -0.1) is 11.3 Å². The van der Waals surface area contributed by atoms with Gasteiger partial charge in [0.15, 0.2) is 5.78 Å². The number of nitrogens with one attached hydrogen (secondary N) is 1. The summed E-state index contributed by atoms with van der Waals surface area (Å²) in [6.07, 6.45) is 4.13. The Bertz CT molecular complexity index is 1440. The molecule has 3 aromatic heterocycles. The highest BCUT2D eigenvalue weighted by molar-refractivity contribution is 7.89. The van der Waals surface area contributed by atoms with Crippen LogP contribution in [-0.2, 0) is 16.4 Å². The molecule has 176 valence electrons. The van der Waals surface area contributed by atoms with Crippen molar-refractivity contribution in [2.45, 2.75) is 37.1 Å². The molecule has 1 aromatic carbocycles. The Morgan fingerprint density at radius 1 is 1.18 bits per heavy atom. The van der Waals surface area contributed by atoms with Crippen LogP contribution in [-0.4, -0.2) is 29.2 Å². The van der Waals surface area contributed by atoms with Crippen LogP contribution in [0, 0.1) is 5.82 Å². The summed E-state index contributed by atoms with van der Waals surface area (Å²) in [4.78, 5) is 25.9. The second-order valence-electron chi connectivity index (χ2n) is 7.80. The van der Waals surface area contributed by atoms with E-state index in [0.29, 0.717) is 34.3 Å². The Labute approximate surface area is 200 Å². The van der Waals surface area contributed by atoms with Crippen molar-refractivity contribution >= 4 is 43.3 Å². The van der Waals surface area contributed by atoms with Crippen molar-refractivity contribution in [3.05, 3.63) is 76.8 Å². The minimum Gasteiger partial charge on any atom is -0.348 e. The standard InChI is InChI=1S/C23H22FN5O3S2/c1-14(16-11-17(24)13-26-12-16)27-23-28-19-9-10-33-22(19)21(29-23)20(30)4-2-3-15-5-7-18(8-6-15)34(25,31)32/h5-14H,2-4H2,1H3,(H2,25,31,32)(H,27,28,29)/t14-/m0/s1. The van der Waals surface area contributed by atoms with Gasteiger partial charge in [-0.25, -0.2) is 27.9 Å². The number of aromatic nitrogens is 3. The Hall–Kier alpha value is -3.28. The van der Waals surface area contributed by atoms with E-state index in [-0.39, 0.29) is 29.1 Å². The van der Waals surface area contributed by atoms with Crippen LogP contribution < -0.4 is 10.5 Å². The van der Waals surface area contributed by atoms with Gasteiger partial charge >= 0.3 is 0 Å². The lowest BCUT2D eigenvalue weighted by atomic mass is 10.1. The van der Waals surface area contributed by atoms with Crippen molar-refractivity contribution in [1.29, 1.82) is 0 Å². The van der Waals surface area contributed by atoms with E-state index in [1.54, 1.807) is 18.3 Å². The number of fused-ring (bicyclic) bond motifs is 1. The molecule has 0 saturated carbocycles. The number of thiophene rings is 1. The maximum atomic E-state index is 13.5. The van der Waals surface area contributed by atoms with Gasteiger partial charge in [-0.2, -0.15) is 0 Å². The Balaban J connectivity index is 1.46. The number of primary sulfonamides is 1. The van der Waals surface area contributed by atoms with Gasteiger partial charge in [0, 0.05) is 12.6 Å². The number of nitrogens with two attached hydrogens (primary N) is 1. The Morgan fingerprint density at radius 2 is 1.94 bits per heavy atom. The molecule has 34 heavy (non-hydrogen) atoms. The number of carbonyl (C=O) groups excluding carboxylic acids is 1. The second kappa shape index (κ2) is 9.92. The molecule has 0 fully saturated rings. The number of aryl methyl sites for hydroxylation is 1. The third-order valence-electron chi connectivity index (χ3n) is 5.26. The zero-order valence-corrected chi connectivity index (χ0v) is 19.9. The minimum atomic E-state index is -3.73. The molecule has 0 spiro atoms. The number of hydrogen-bond donors (Lipinski definition) is 2. The maximum absolute atomic E-state index is 13.5. The van der Waals surface area contributed by atoms with E-state index in [1.807, 2.05) is 18.4 Å². The summed E-state index contributed by atoms with van der Waals surface area (Å²) in [5, 5.41) is 10.1. The molecule has 0 amide bonds. The van der Waals surface area contributed by atoms with Crippen molar-refractivity contribution in [1.82, 2.24) is 15.0 Å². The second-order valence-corrected chi connectivity index (χ2v) is 10.3. The molecule has 1 atom stereocenters. The molecule has 0 radical (unpaired) electrons. The lowest BCUT2D eigenvalue weighted by Gasteiger charge is -2.14. The van der Waals surface area contributed by atoms with Crippen molar-refractivity contribution in [2.75, 3.05) is 5.32 Å². The van der Waals surface area contributed by atoms with E-state index in [1.165, 1.54) is 29.5 Å². The minimum absolute atomic E-state index is 0.0525. The topological polar surface area (TPSA) is 128 Å². The van der Waals surface area contributed by atoms with Gasteiger partial charge in [-0.1, -0.05) is 12.1 Å². The summed E-state index contributed by atoms with van der Waals surface area (Å²) >= 11 is 1.40. The largest absolute Gasteiger partial charge is 0.348 e. The van der Waals surface area contributed by atoms with E-state index in [2.05, 4.69) is 20.3 Å².